The Morgan fingerprint density at radius 3 is 2.95 bits per heavy atom. The Labute approximate surface area is 126 Å². The van der Waals surface area contributed by atoms with Gasteiger partial charge in [0, 0.05) is 30.5 Å². The lowest BCUT2D eigenvalue weighted by atomic mass is 10.00. The van der Waals surface area contributed by atoms with E-state index in [4.69, 9.17) is 5.11 Å². The number of carbonyl (C=O) groups excluding carboxylic acids is 1. The highest BCUT2D eigenvalue weighted by atomic mass is 32.2. The monoisotopic (exact) mass is 300 g/mol. The smallest absolute Gasteiger partial charge is 0.317 e. The second-order valence-electron chi connectivity index (χ2n) is 5.89. The second kappa shape index (κ2) is 8.13. The molecule has 0 unspecified atom stereocenters. The number of likely N-dealkylation sites (tertiary alicyclic amines) is 1. The number of nitrogens with one attached hydrogen (secondary N) is 1. The fourth-order valence-corrected chi connectivity index (χ4v) is 4.58. The standard InChI is InChI=1S/C15H28N2O2S/c1-2-20-14-7-6-12(11-14)16-15(19)17-9-4-3-5-13(17)8-10-18/h12-14,18H,2-11H2,1H3,(H,16,19)/t12-,13+,14+/m0/s1. The molecule has 5 heteroatoms. The molecule has 3 atom stereocenters. The molecule has 2 aliphatic rings. The fraction of sp³-hybridized carbons (Fsp3) is 0.933. The number of aliphatic hydroxyl groups is 1. The summed E-state index contributed by atoms with van der Waals surface area (Å²) < 4.78 is 0. The molecule has 0 aromatic carbocycles. The first-order valence-corrected chi connectivity index (χ1v) is 9.09. The van der Waals surface area contributed by atoms with Crippen LogP contribution in [0.5, 0.6) is 0 Å². The van der Waals surface area contributed by atoms with E-state index in [1.54, 1.807) is 0 Å². The van der Waals surface area contributed by atoms with Crippen molar-refractivity contribution in [2.75, 3.05) is 18.9 Å². The Morgan fingerprint density at radius 2 is 2.20 bits per heavy atom. The number of nitrogens with zero attached hydrogens (tertiary/aromatic N) is 1. The number of urea groups is 1. The van der Waals surface area contributed by atoms with Gasteiger partial charge in [-0.2, -0.15) is 11.8 Å². The van der Waals surface area contributed by atoms with Gasteiger partial charge in [-0.1, -0.05) is 6.92 Å². The van der Waals surface area contributed by atoms with Crippen molar-refractivity contribution in [2.24, 2.45) is 0 Å². The lowest BCUT2D eigenvalue weighted by Gasteiger charge is -2.36. The van der Waals surface area contributed by atoms with E-state index in [0.717, 1.165) is 43.2 Å². The van der Waals surface area contributed by atoms with Crippen LogP contribution in [0.2, 0.25) is 0 Å². The Bertz CT molecular complexity index is 312. The van der Waals surface area contributed by atoms with Crippen molar-refractivity contribution in [1.82, 2.24) is 10.2 Å². The molecule has 116 valence electrons. The predicted octanol–water partition coefficient (Wildman–Crippen LogP) is 2.61. The molecule has 2 N–H and O–H groups in total. The molecule has 1 saturated heterocycles. The maximum absolute atomic E-state index is 12.4. The first-order valence-electron chi connectivity index (χ1n) is 8.04. The van der Waals surface area contributed by atoms with Gasteiger partial charge in [0.1, 0.15) is 0 Å². The third-order valence-corrected chi connectivity index (χ3v) is 5.70. The molecule has 4 nitrogen and oxygen atoms in total. The largest absolute Gasteiger partial charge is 0.396 e. The maximum Gasteiger partial charge on any atom is 0.317 e. The molecule has 2 rings (SSSR count). The molecule has 0 spiro atoms. The van der Waals surface area contributed by atoms with Crippen LogP contribution >= 0.6 is 11.8 Å². The summed E-state index contributed by atoms with van der Waals surface area (Å²) in [6.07, 6.45) is 7.47. The summed E-state index contributed by atoms with van der Waals surface area (Å²) in [5.74, 6) is 1.16. The normalized spacial score (nSPS) is 30.5. The summed E-state index contributed by atoms with van der Waals surface area (Å²) in [4.78, 5) is 14.4. The minimum absolute atomic E-state index is 0.0929. The van der Waals surface area contributed by atoms with Gasteiger partial charge in [-0.3, -0.25) is 0 Å². The van der Waals surface area contributed by atoms with Crippen LogP contribution in [0.3, 0.4) is 0 Å². The number of aliphatic hydroxyl groups excluding tert-OH is 1. The maximum atomic E-state index is 12.4. The Morgan fingerprint density at radius 1 is 1.35 bits per heavy atom. The quantitative estimate of drug-likeness (QED) is 0.820. The van der Waals surface area contributed by atoms with E-state index in [-0.39, 0.29) is 18.7 Å². The Hall–Kier alpha value is -0.420. The summed E-state index contributed by atoms with van der Waals surface area (Å²) >= 11 is 2.02. The van der Waals surface area contributed by atoms with Gasteiger partial charge >= 0.3 is 6.03 Å². The van der Waals surface area contributed by atoms with Gasteiger partial charge in [-0.25, -0.2) is 4.79 Å². The van der Waals surface area contributed by atoms with Crippen molar-refractivity contribution in [1.29, 1.82) is 0 Å². The third-order valence-electron chi connectivity index (χ3n) is 4.46. The third kappa shape index (κ3) is 4.29. The molecule has 0 aromatic rings. The van der Waals surface area contributed by atoms with E-state index in [9.17, 15) is 4.79 Å². The number of rotatable bonds is 5. The lowest BCUT2D eigenvalue weighted by Crippen LogP contribution is -2.51. The lowest BCUT2D eigenvalue weighted by molar-refractivity contribution is 0.129. The summed E-state index contributed by atoms with van der Waals surface area (Å²) in [6.45, 7) is 3.22. The van der Waals surface area contributed by atoms with Gasteiger partial charge in [-0.05, 0) is 50.7 Å². The van der Waals surface area contributed by atoms with Crippen LogP contribution in [-0.4, -0.2) is 52.3 Å². The summed E-state index contributed by atoms with van der Waals surface area (Å²) in [6, 6.07) is 0.675. The summed E-state index contributed by atoms with van der Waals surface area (Å²) in [7, 11) is 0. The van der Waals surface area contributed by atoms with Crippen LogP contribution in [-0.2, 0) is 0 Å². The van der Waals surface area contributed by atoms with Crippen LogP contribution in [0, 0.1) is 0 Å². The van der Waals surface area contributed by atoms with E-state index in [1.165, 1.54) is 12.8 Å². The van der Waals surface area contributed by atoms with Gasteiger partial charge in [0.05, 0.1) is 0 Å². The molecule has 1 aliphatic heterocycles. The highest BCUT2D eigenvalue weighted by Gasteiger charge is 2.30. The summed E-state index contributed by atoms with van der Waals surface area (Å²) in [5.41, 5.74) is 0. The van der Waals surface area contributed by atoms with E-state index in [0.29, 0.717) is 12.5 Å². The van der Waals surface area contributed by atoms with Gasteiger partial charge in [0.2, 0.25) is 0 Å². The van der Waals surface area contributed by atoms with Crippen LogP contribution in [0.4, 0.5) is 4.79 Å². The second-order valence-corrected chi connectivity index (χ2v) is 7.47. The molecule has 0 aromatic heterocycles. The topological polar surface area (TPSA) is 52.6 Å². The molecule has 2 amide bonds. The number of thioether (sulfide) groups is 1. The molecular formula is C15H28N2O2S. The van der Waals surface area contributed by atoms with Crippen LogP contribution < -0.4 is 5.32 Å². The molecule has 0 bridgehead atoms. The van der Waals surface area contributed by atoms with E-state index >= 15 is 0 Å². The number of hydrogen-bond acceptors (Lipinski definition) is 3. The molecule has 20 heavy (non-hydrogen) atoms. The van der Waals surface area contributed by atoms with Crippen LogP contribution in [0.1, 0.15) is 51.9 Å². The van der Waals surface area contributed by atoms with Crippen molar-refractivity contribution in [3.05, 3.63) is 0 Å². The molecule has 1 heterocycles. The predicted molar refractivity (Wildman–Crippen MR) is 84.1 cm³/mol. The SMILES string of the molecule is CCS[C@@H]1CC[C@H](NC(=O)N2CCCC[C@@H]2CCO)C1. The fourth-order valence-electron chi connectivity index (χ4n) is 3.43. The molecule has 0 radical (unpaired) electrons. The van der Waals surface area contributed by atoms with E-state index in [2.05, 4.69) is 12.2 Å². The molecule has 1 saturated carbocycles. The van der Waals surface area contributed by atoms with Crippen molar-refractivity contribution in [2.45, 2.75) is 69.2 Å². The molecule has 2 fully saturated rings. The van der Waals surface area contributed by atoms with Gasteiger partial charge in [-0.15, -0.1) is 0 Å². The zero-order valence-electron chi connectivity index (χ0n) is 12.5. The first-order chi connectivity index (χ1) is 9.74. The number of amides is 2. The van der Waals surface area contributed by atoms with Gasteiger partial charge < -0.3 is 15.3 Å². The Balaban J connectivity index is 1.81. The molecular weight excluding hydrogens is 272 g/mol. The van der Waals surface area contributed by atoms with Crippen LogP contribution in [0.25, 0.3) is 0 Å². The van der Waals surface area contributed by atoms with E-state index < -0.39 is 0 Å². The number of hydrogen-bond donors (Lipinski definition) is 2. The average molecular weight is 300 g/mol. The first kappa shape index (κ1) is 16.0. The number of carbonyl (C=O) groups is 1. The van der Waals surface area contributed by atoms with E-state index in [1.807, 2.05) is 16.7 Å². The van der Waals surface area contributed by atoms with Crippen molar-refractivity contribution >= 4 is 17.8 Å². The Kier molecular flexibility index (Phi) is 6.49. The zero-order valence-corrected chi connectivity index (χ0v) is 13.3. The number of piperidine rings is 1. The van der Waals surface area contributed by atoms with Crippen molar-refractivity contribution in [3.63, 3.8) is 0 Å². The highest BCUT2D eigenvalue weighted by molar-refractivity contribution is 7.99. The minimum Gasteiger partial charge on any atom is -0.396 e. The molecule has 1 aliphatic carbocycles. The zero-order chi connectivity index (χ0) is 14.4. The van der Waals surface area contributed by atoms with Crippen molar-refractivity contribution < 1.29 is 9.90 Å². The average Bonchev–Trinajstić information content (AvgIpc) is 2.87. The minimum atomic E-state index is 0.0929. The summed E-state index contributed by atoms with van der Waals surface area (Å²) in [5, 5.41) is 13.1. The van der Waals surface area contributed by atoms with Gasteiger partial charge in [0.25, 0.3) is 0 Å². The van der Waals surface area contributed by atoms with Crippen LogP contribution in [0.15, 0.2) is 0 Å². The highest BCUT2D eigenvalue weighted by Crippen LogP contribution is 2.30. The van der Waals surface area contributed by atoms with Gasteiger partial charge in [0.15, 0.2) is 0 Å². The van der Waals surface area contributed by atoms with Crippen molar-refractivity contribution in [3.8, 4) is 0 Å².